The number of aliphatic carboxylic acids is 2. The van der Waals surface area contributed by atoms with E-state index < -0.39 is 11.9 Å². The minimum absolute atomic E-state index is 0.231. The lowest BCUT2D eigenvalue weighted by atomic mass is 10.1. The van der Waals surface area contributed by atoms with Crippen molar-refractivity contribution in [3.8, 4) is 0 Å². The van der Waals surface area contributed by atoms with Crippen molar-refractivity contribution in [1.29, 1.82) is 0 Å². The minimum atomic E-state index is -0.741. The van der Waals surface area contributed by atoms with Gasteiger partial charge in [-0.05, 0) is 6.42 Å². The molecule has 120 valence electrons. The first-order valence-electron chi connectivity index (χ1n) is 7.86. The van der Waals surface area contributed by atoms with Crippen molar-refractivity contribution in [2.24, 2.45) is 5.92 Å². The van der Waals surface area contributed by atoms with Crippen LogP contribution in [-0.4, -0.2) is 22.2 Å². The fraction of sp³-hybridized carbons (Fsp3) is 0.875. The van der Waals surface area contributed by atoms with Gasteiger partial charge in [-0.3, -0.25) is 9.59 Å². The van der Waals surface area contributed by atoms with E-state index in [1.165, 1.54) is 44.9 Å². The van der Waals surface area contributed by atoms with E-state index in [1.54, 1.807) is 13.8 Å². The first-order valence-corrected chi connectivity index (χ1v) is 7.86. The Morgan fingerprint density at radius 3 is 1.45 bits per heavy atom. The van der Waals surface area contributed by atoms with Crippen molar-refractivity contribution >= 4 is 11.9 Å². The van der Waals surface area contributed by atoms with Crippen LogP contribution in [-0.2, 0) is 9.59 Å². The second kappa shape index (κ2) is 16.0. The summed E-state index contributed by atoms with van der Waals surface area (Å²) in [6.45, 7) is 5.51. The fourth-order valence-corrected chi connectivity index (χ4v) is 1.59. The fourth-order valence-electron chi connectivity index (χ4n) is 1.59. The van der Waals surface area contributed by atoms with Gasteiger partial charge in [0.15, 0.2) is 0 Å². The van der Waals surface area contributed by atoms with Gasteiger partial charge < -0.3 is 10.2 Å². The van der Waals surface area contributed by atoms with E-state index in [2.05, 4.69) is 6.92 Å². The Hall–Kier alpha value is -1.06. The van der Waals surface area contributed by atoms with Crippen molar-refractivity contribution < 1.29 is 19.8 Å². The average Bonchev–Trinajstić information content (AvgIpc) is 2.37. The molecule has 0 aromatic heterocycles. The Labute approximate surface area is 123 Å². The Morgan fingerprint density at radius 2 is 1.15 bits per heavy atom. The maximum atomic E-state index is 10.2. The van der Waals surface area contributed by atoms with Gasteiger partial charge in [-0.2, -0.15) is 0 Å². The Balaban J connectivity index is 0. The van der Waals surface area contributed by atoms with Crippen LogP contribution in [0.5, 0.6) is 0 Å². The van der Waals surface area contributed by atoms with Gasteiger partial charge in [0, 0.05) is 6.42 Å². The molecule has 0 aliphatic heterocycles. The quantitative estimate of drug-likeness (QED) is 0.539. The van der Waals surface area contributed by atoms with Gasteiger partial charge in [-0.25, -0.2) is 0 Å². The topological polar surface area (TPSA) is 74.6 Å². The van der Waals surface area contributed by atoms with Crippen molar-refractivity contribution in [1.82, 2.24) is 0 Å². The summed E-state index contributed by atoms with van der Waals surface area (Å²) in [7, 11) is 0. The van der Waals surface area contributed by atoms with Gasteiger partial charge in [0.25, 0.3) is 0 Å². The van der Waals surface area contributed by atoms with Gasteiger partial charge in [0.1, 0.15) is 0 Å². The molecule has 0 aromatic carbocycles. The van der Waals surface area contributed by atoms with Crippen LogP contribution < -0.4 is 0 Å². The second-order valence-electron chi connectivity index (χ2n) is 5.47. The average molecular weight is 288 g/mol. The van der Waals surface area contributed by atoms with Gasteiger partial charge >= 0.3 is 11.9 Å². The van der Waals surface area contributed by atoms with E-state index >= 15 is 0 Å². The molecule has 20 heavy (non-hydrogen) atoms. The lowest BCUT2D eigenvalue weighted by molar-refractivity contribution is -0.140. The number of hydrogen-bond donors (Lipinski definition) is 2. The largest absolute Gasteiger partial charge is 0.481 e. The summed E-state index contributed by atoms with van der Waals surface area (Å²) in [5.74, 6) is -1.63. The van der Waals surface area contributed by atoms with Crippen LogP contribution in [0.3, 0.4) is 0 Å². The van der Waals surface area contributed by atoms with Crippen LogP contribution in [0, 0.1) is 5.92 Å². The first kappa shape index (κ1) is 21.2. The second-order valence-corrected chi connectivity index (χ2v) is 5.47. The SMILES string of the molecule is CC(C)C(=O)O.CCCCCCCCCCCC(=O)O. The van der Waals surface area contributed by atoms with Crippen molar-refractivity contribution in [3.63, 3.8) is 0 Å². The third-order valence-electron chi connectivity index (χ3n) is 2.99. The van der Waals surface area contributed by atoms with E-state index in [4.69, 9.17) is 10.2 Å². The predicted octanol–water partition coefficient (Wildman–Crippen LogP) is 4.72. The molecule has 0 aliphatic carbocycles. The van der Waals surface area contributed by atoms with E-state index in [0.29, 0.717) is 6.42 Å². The van der Waals surface area contributed by atoms with Crippen LogP contribution >= 0.6 is 0 Å². The monoisotopic (exact) mass is 288 g/mol. The minimum Gasteiger partial charge on any atom is -0.481 e. The normalized spacial score (nSPS) is 10.0. The molecule has 0 rings (SSSR count). The predicted molar refractivity (Wildman–Crippen MR) is 82.0 cm³/mol. The first-order chi connectivity index (χ1) is 9.41. The lowest BCUT2D eigenvalue weighted by Crippen LogP contribution is -2.03. The molecule has 0 atom stereocenters. The molecule has 0 heterocycles. The maximum absolute atomic E-state index is 10.2. The summed E-state index contributed by atoms with van der Waals surface area (Å²) in [6, 6.07) is 0. The molecule has 0 saturated heterocycles. The molecule has 0 fully saturated rings. The highest BCUT2D eigenvalue weighted by atomic mass is 16.4. The molecule has 0 aromatic rings. The van der Waals surface area contributed by atoms with E-state index in [1.807, 2.05) is 0 Å². The van der Waals surface area contributed by atoms with Crippen LogP contribution in [0.25, 0.3) is 0 Å². The smallest absolute Gasteiger partial charge is 0.305 e. The molecule has 0 spiro atoms. The van der Waals surface area contributed by atoms with Gasteiger partial charge in [0.2, 0.25) is 0 Å². The molecule has 0 aliphatic rings. The van der Waals surface area contributed by atoms with Gasteiger partial charge in [0.05, 0.1) is 5.92 Å². The van der Waals surface area contributed by atoms with Gasteiger partial charge in [-0.15, -0.1) is 0 Å². The molecule has 0 amide bonds. The zero-order chi connectivity index (χ0) is 15.8. The van der Waals surface area contributed by atoms with Crippen LogP contribution in [0.4, 0.5) is 0 Å². The highest BCUT2D eigenvalue weighted by molar-refractivity contribution is 5.68. The Bertz CT molecular complexity index is 237. The summed E-state index contributed by atoms with van der Waals surface area (Å²) >= 11 is 0. The van der Waals surface area contributed by atoms with E-state index in [9.17, 15) is 9.59 Å². The molecule has 4 nitrogen and oxygen atoms in total. The number of carboxylic acids is 2. The number of rotatable bonds is 11. The number of hydrogen-bond acceptors (Lipinski definition) is 2. The third kappa shape index (κ3) is 22.1. The summed E-state index contributed by atoms with van der Waals surface area (Å²) in [5.41, 5.74) is 0. The highest BCUT2D eigenvalue weighted by Gasteiger charge is 1.99. The lowest BCUT2D eigenvalue weighted by Gasteiger charge is -2.00. The molecular weight excluding hydrogens is 256 g/mol. The molecule has 0 unspecified atom stereocenters. The van der Waals surface area contributed by atoms with E-state index in [0.717, 1.165) is 12.8 Å². The molecule has 4 heteroatoms. The summed E-state index contributed by atoms with van der Waals surface area (Å²) in [4.78, 5) is 19.9. The number of unbranched alkanes of at least 4 members (excludes halogenated alkanes) is 8. The molecule has 2 N–H and O–H groups in total. The summed E-state index contributed by atoms with van der Waals surface area (Å²) in [5, 5.41) is 16.4. The van der Waals surface area contributed by atoms with Gasteiger partial charge in [-0.1, -0.05) is 72.1 Å². The van der Waals surface area contributed by atoms with Crippen molar-refractivity contribution in [2.75, 3.05) is 0 Å². The maximum Gasteiger partial charge on any atom is 0.305 e. The number of carbonyl (C=O) groups is 2. The molecule has 0 radical (unpaired) electrons. The molecular formula is C16H32O4. The molecule has 0 saturated carbocycles. The standard InChI is InChI=1S/C12H24O2.C4H8O2/c1-2-3-4-5-6-7-8-9-10-11-12(13)14;1-3(2)4(5)6/h2-11H2,1H3,(H,13,14);3H,1-2H3,(H,5,6). The number of carboxylic acid groups (broad SMARTS) is 2. The van der Waals surface area contributed by atoms with Crippen molar-refractivity contribution in [3.05, 3.63) is 0 Å². The summed E-state index contributed by atoms with van der Waals surface area (Å²) < 4.78 is 0. The Kier molecular flexibility index (Phi) is 17.0. The Morgan fingerprint density at radius 1 is 0.800 bits per heavy atom. The molecule has 0 bridgehead atoms. The summed E-state index contributed by atoms with van der Waals surface area (Å²) in [6.07, 6.45) is 11.5. The van der Waals surface area contributed by atoms with Crippen LogP contribution in [0.1, 0.15) is 85.0 Å². The van der Waals surface area contributed by atoms with Crippen LogP contribution in [0.2, 0.25) is 0 Å². The zero-order valence-electron chi connectivity index (χ0n) is 13.4. The zero-order valence-corrected chi connectivity index (χ0v) is 13.4. The van der Waals surface area contributed by atoms with Crippen molar-refractivity contribution in [2.45, 2.75) is 85.0 Å². The van der Waals surface area contributed by atoms with E-state index in [-0.39, 0.29) is 5.92 Å². The third-order valence-corrected chi connectivity index (χ3v) is 2.99. The van der Waals surface area contributed by atoms with Crippen LogP contribution in [0.15, 0.2) is 0 Å². The highest BCUT2D eigenvalue weighted by Crippen LogP contribution is 2.10.